The van der Waals surface area contributed by atoms with E-state index in [0.29, 0.717) is 12.8 Å². The standard InChI is InChI=1S/C18H34FO2/c1-2-3-4-5-8-11-14-17(19)15-12-9-6-7-10-13-16-18(20)21/h17H,2-16H2,1H3. The van der Waals surface area contributed by atoms with Crippen molar-refractivity contribution in [2.45, 2.75) is 109 Å². The molecule has 0 aromatic heterocycles. The predicted octanol–water partition coefficient (Wildman–Crippen LogP) is 6.15. The average Bonchev–Trinajstić information content (AvgIpc) is 2.45. The molecular weight excluding hydrogens is 267 g/mol. The first-order valence-corrected chi connectivity index (χ1v) is 9.00. The summed E-state index contributed by atoms with van der Waals surface area (Å²) in [4.78, 5) is 10.2. The van der Waals surface area contributed by atoms with Crippen LogP contribution in [0.4, 0.5) is 4.39 Å². The molecule has 1 unspecified atom stereocenters. The molecule has 0 heterocycles. The van der Waals surface area contributed by atoms with Gasteiger partial charge in [-0.25, -0.2) is 14.3 Å². The van der Waals surface area contributed by atoms with Gasteiger partial charge in [-0.1, -0.05) is 77.6 Å². The summed E-state index contributed by atoms with van der Waals surface area (Å²) in [6.45, 7) is 2.21. The van der Waals surface area contributed by atoms with E-state index in [4.69, 9.17) is 0 Å². The molecule has 0 aromatic rings. The molecular formula is C18H34FO2. The molecule has 0 amide bonds. The second kappa shape index (κ2) is 15.8. The van der Waals surface area contributed by atoms with Gasteiger partial charge in [0.1, 0.15) is 6.17 Å². The topological polar surface area (TPSA) is 37.0 Å². The lowest BCUT2D eigenvalue weighted by atomic mass is 10.0. The highest BCUT2D eigenvalue weighted by molar-refractivity contribution is 5.66. The van der Waals surface area contributed by atoms with E-state index < -0.39 is 12.1 Å². The first kappa shape index (κ1) is 20.4. The summed E-state index contributed by atoms with van der Waals surface area (Å²) in [5.41, 5.74) is 0. The van der Waals surface area contributed by atoms with Crippen LogP contribution in [0.1, 0.15) is 103 Å². The minimum absolute atomic E-state index is 0.171. The van der Waals surface area contributed by atoms with Crippen molar-refractivity contribution in [2.75, 3.05) is 0 Å². The van der Waals surface area contributed by atoms with Gasteiger partial charge in [-0.15, -0.1) is 0 Å². The number of halogens is 1. The summed E-state index contributed by atoms with van der Waals surface area (Å²) in [5.74, 6) is -0.954. The van der Waals surface area contributed by atoms with Crippen LogP contribution in [0.3, 0.4) is 0 Å². The third-order valence-corrected chi connectivity index (χ3v) is 4.02. The van der Waals surface area contributed by atoms with Gasteiger partial charge in [-0.05, 0) is 19.3 Å². The van der Waals surface area contributed by atoms with Crippen LogP contribution in [0, 0.1) is 0 Å². The molecule has 0 saturated carbocycles. The first-order chi connectivity index (χ1) is 10.2. The zero-order valence-electron chi connectivity index (χ0n) is 13.9. The maximum Gasteiger partial charge on any atom is 0.355 e. The fourth-order valence-electron chi connectivity index (χ4n) is 2.63. The fourth-order valence-corrected chi connectivity index (χ4v) is 2.63. The third-order valence-electron chi connectivity index (χ3n) is 4.02. The lowest BCUT2D eigenvalue weighted by Crippen LogP contribution is -2.00. The molecule has 21 heavy (non-hydrogen) atoms. The number of hydrogen-bond donors (Lipinski definition) is 0. The smallest absolute Gasteiger partial charge is 0.247 e. The second-order valence-corrected chi connectivity index (χ2v) is 6.19. The van der Waals surface area contributed by atoms with Crippen LogP contribution < -0.4 is 0 Å². The van der Waals surface area contributed by atoms with Gasteiger partial charge < -0.3 is 0 Å². The largest absolute Gasteiger partial charge is 0.355 e. The van der Waals surface area contributed by atoms with E-state index >= 15 is 0 Å². The highest BCUT2D eigenvalue weighted by atomic mass is 19.1. The van der Waals surface area contributed by atoms with E-state index in [-0.39, 0.29) is 6.42 Å². The fraction of sp³-hybridized carbons (Fsp3) is 0.944. The summed E-state index contributed by atoms with van der Waals surface area (Å²) >= 11 is 0. The lowest BCUT2D eigenvalue weighted by Gasteiger charge is -2.08. The van der Waals surface area contributed by atoms with E-state index in [1.807, 2.05) is 0 Å². The van der Waals surface area contributed by atoms with Crippen molar-refractivity contribution >= 4 is 5.97 Å². The van der Waals surface area contributed by atoms with Gasteiger partial charge in [0, 0.05) is 0 Å². The molecule has 125 valence electrons. The van der Waals surface area contributed by atoms with E-state index in [0.717, 1.165) is 44.9 Å². The maximum atomic E-state index is 13.6. The Kier molecular flexibility index (Phi) is 15.3. The number of unbranched alkanes of at least 4 members (excludes halogenated alkanes) is 10. The van der Waals surface area contributed by atoms with Crippen molar-refractivity contribution in [2.24, 2.45) is 0 Å². The van der Waals surface area contributed by atoms with Crippen molar-refractivity contribution in [1.29, 1.82) is 0 Å². The molecule has 2 nitrogen and oxygen atoms in total. The summed E-state index contributed by atoms with van der Waals surface area (Å²) in [6, 6.07) is 0. The van der Waals surface area contributed by atoms with Crippen LogP contribution in [-0.2, 0) is 9.90 Å². The van der Waals surface area contributed by atoms with Gasteiger partial charge >= 0.3 is 5.97 Å². The second-order valence-electron chi connectivity index (χ2n) is 6.19. The Hall–Kier alpha value is -0.600. The highest BCUT2D eigenvalue weighted by Crippen LogP contribution is 2.16. The Morgan fingerprint density at radius 3 is 1.67 bits per heavy atom. The summed E-state index contributed by atoms with van der Waals surface area (Å²) < 4.78 is 13.6. The van der Waals surface area contributed by atoms with Gasteiger partial charge in [0.25, 0.3) is 0 Å². The summed E-state index contributed by atoms with van der Waals surface area (Å²) in [7, 11) is 0. The lowest BCUT2D eigenvalue weighted by molar-refractivity contribution is -0.143. The van der Waals surface area contributed by atoms with E-state index in [1.54, 1.807) is 0 Å². The summed E-state index contributed by atoms with van der Waals surface area (Å²) in [6.07, 6.45) is 14.2. The van der Waals surface area contributed by atoms with Crippen molar-refractivity contribution in [3.63, 3.8) is 0 Å². The van der Waals surface area contributed by atoms with Crippen LogP contribution >= 0.6 is 0 Å². The van der Waals surface area contributed by atoms with Gasteiger partial charge in [0.2, 0.25) is 0 Å². The van der Waals surface area contributed by atoms with Crippen molar-refractivity contribution in [3.05, 3.63) is 0 Å². The van der Waals surface area contributed by atoms with E-state index in [9.17, 15) is 14.3 Å². The summed E-state index contributed by atoms with van der Waals surface area (Å²) in [5, 5.41) is 10.2. The van der Waals surface area contributed by atoms with E-state index in [1.165, 1.54) is 32.1 Å². The predicted molar refractivity (Wildman–Crippen MR) is 85.5 cm³/mol. The molecule has 0 N–H and O–H groups in total. The number of hydrogen-bond acceptors (Lipinski definition) is 1. The number of carbonyl (C=O) groups is 1. The molecule has 0 aliphatic rings. The van der Waals surface area contributed by atoms with Crippen molar-refractivity contribution < 1.29 is 14.3 Å². The Balaban J connectivity index is 3.15. The average molecular weight is 301 g/mol. The molecule has 3 heteroatoms. The van der Waals surface area contributed by atoms with Crippen LogP contribution in [-0.4, -0.2) is 12.1 Å². The van der Waals surface area contributed by atoms with Gasteiger partial charge in [0.15, 0.2) is 0 Å². The quantitative estimate of drug-likeness (QED) is 0.315. The molecule has 0 aliphatic carbocycles. The van der Waals surface area contributed by atoms with Crippen molar-refractivity contribution in [1.82, 2.24) is 0 Å². The van der Waals surface area contributed by atoms with Gasteiger partial charge in [0.05, 0.1) is 6.42 Å². The normalized spacial score (nSPS) is 12.5. The van der Waals surface area contributed by atoms with Crippen molar-refractivity contribution in [3.8, 4) is 0 Å². The minimum Gasteiger partial charge on any atom is -0.247 e. The molecule has 0 fully saturated rings. The first-order valence-electron chi connectivity index (χ1n) is 9.00. The monoisotopic (exact) mass is 301 g/mol. The minimum atomic E-state index is -0.954. The molecule has 0 rings (SSSR count). The zero-order valence-corrected chi connectivity index (χ0v) is 13.9. The maximum absolute atomic E-state index is 13.6. The number of rotatable bonds is 16. The zero-order chi connectivity index (χ0) is 15.8. The van der Waals surface area contributed by atoms with Gasteiger partial charge in [-0.3, -0.25) is 0 Å². The Bertz CT molecular complexity index is 231. The molecule has 0 spiro atoms. The molecule has 0 saturated heterocycles. The highest BCUT2D eigenvalue weighted by Gasteiger charge is 2.05. The van der Waals surface area contributed by atoms with E-state index in [2.05, 4.69) is 6.92 Å². The van der Waals surface area contributed by atoms with Crippen LogP contribution in [0.25, 0.3) is 0 Å². The number of alkyl halides is 1. The Morgan fingerprint density at radius 2 is 1.19 bits per heavy atom. The Labute approximate surface area is 130 Å². The molecule has 0 aliphatic heterocycles. The number of carbonyl (C=O) groups excluding carboxylic acids is 1. The van der Waals surface area contributed by atoms with Crippen LogP contribution in [0.2, 0.25) is 0 Å². The molecule has 1 radical (unpaired) electrons. The third kappa shape index (κ3) is 17.3. The van der Waals surface area contributed by atoms with Crippen LogP contribution in [0.15, 0.2) is 0 Å². The molecule has 0 bridgehead atoms. The SMILES string of the molecule is CCCCCCCCC(F)CCCCCCCCC([O])=O. The molecule has 1 atom stereocenters. The van der Waals surface area contributed by atoms with Crippen LogP contribution in [0.5, 0.6) is 0 Å². The molecule has 0 aromatic carbocycles. The van der Waals surface area contributed by atoms with Gasteiger partial charge in [-0.2, -0.15) is 0 Å². The Morgan fingerprint density at radius 1 is 0.762 bits per heavy atom.